The molecule has 1 aromatic rings. The number of halogens is 3. The van der Waals surface area contributed by atoms with Crippen LogP contribution < -0.4 is 0 Å². The van der Waals surface area contributed by atoms with Crippen molar-refractivity contribution in [3.8, 4) is 0 Å². The molecule has 0 amide bonds. The summed E-state index contributed by atoms with van der Waals surface area (Å²) >= 11 is 0. The van der Waals surface area contributed by atoms with Gasteiger partial charge in [0.2, 0.25) is 0 Å². The Balaban J connectivity index is 2.35. The monoisotopic (exact) mass is 318 g/mol. The van der Waals surface area contributed by atoms with Crippen molar-refractivity contribution >= 4 is 11.9 Å². The molecule has 0 bridgehead atoms. The van der Waals surface area contributed by atoms with Crippen LogP contribution in [0, 0.1) is 17.5 Å². The summed E-state index contributed by atoms with van der Waals surface area (Å²) in [4.78, 5) is 22.6. The quantitative estimate of drug-likeness (QED) is 0.545. The molecule has 0 N–H and O–H groups in total. The van der Waals surface area contributed by atoms with Crippen LogP contribution in [0.25, 0.3) is 0 Å². The van der Waals surface area contributed by atoms with E-state index in [2.05, 4.69) is 4.74 Å². The summed E-state index contributed by atoms with van der Waals surface area (Å²) in [5.74, 6) is -4.74. The van der Waals surface area contributed by atoms with Gasteiger partial charge in [0.25, 0.3) is 0 Å². The van der Waals surface area contributed by atoms with E-state index in [-0.39, 0.29) is 19.3 Å². The van der Waals surface area contributed by atoms with Gasteiger partial charge < -0.3 is 9.47 Å². The van der Waals surface area contributed by atoms with Gasteiger partial charge in [0.05, 0.1) is 12.2 Å². The first kappa shape index (κ1) is 18.0. The van der Waals surface area contributed by atoms with Gasteiger partial charge in [0.15, 0.2) is 11.6 Å². The highest BCUT2D eigenvalue weighted by molar-refractivity contribution is 5.72. The van der Waals surface area contributed by atoms with E-state index in [1.807, 2.05) is 6.92 Å². The van der Waals surface area contributed by atoms with Crippen LogP contribution >= 0.6 is 0 Å². The Labute approximate surface area is 126 Å². The maximum atomic E-state index is 13.3. The standard InChI is InChI=1S/C15H17F3O4/c1-2-8-21-13(19)4-3-5-14(20)22-9-10-11(16)6-7-12(17)15(10)18/h6-7H,2-5,8-9H2,1H3. The fraction of sp³-hybridized carbons (Fsp3) is 0.467. The second kappa shape index (κ2) is 9.07. The molecule has 0 saturated heterocycles. The first-order valence-corrected chi connectivity index (χ1v) is 6.89. The second-order valence-corrected chi connectivity index (χ2v) is 4.56. The van der Waals surface area contributed by atoms with Crippen molar-refractivity contribution in [2.45, 2.75) is 39.2 Å². The average Bonchev–Trinajstić information content (AvgIpc) is 2.49. The predicted octanol–water partition coefficient (Wildman–Crippen LogP) is 3.27. The number of carbonyl (C=O) groups is 2. The molecule has 0 heterocycles. The first-order chi connectivity index (χ1) is 10.5. The lowest BCUT2D eigenvalue weighted by molar-refractivity contribution is -0.146. The normalized spacial score (nSPS) is 10.4. The summed E-state index contributed by atoms with van der Waals surface area (Å²) in [7, 11) is 0. The van der Waals surface area contributed by atoms with Gasteiger partial charge in [0.1, 0.15) is 12.4 Å². The van der Waals surface area contributed by atoms with E-state index >= 15 is 0 Å². The van der Waals surface area contributed by atoms with E-state index in [1.165, 1.54) is 0 Å². The van der Waals surface area contributed by atoms with Gasteiger partial charge in [-0.05, 0) is 25.0 Å². The summed E-state index contributed by atoms with van der Waals surface area (Å²) < 4.78 is 49.0. The predicted molar refractivity (Wildman–Crippen MR) is 71.2 cm³/mol. The minimum absolute atomic E-state index is 0.0534. The van der Waals surface area contributed by atoms with Crippen LogP contribution in [0.1, 0.15) is 38.2 Å². The van der Waals surface area contributed by atoms with Gasteiger partial charge in [-0.3, -0.25) is 9.59 Å². The Bertz CT molecular complexity index is 532. The van der Waals surface area contributed by atoms with Crippen LogP contribution in [0.2, 0.25) is 0 Å². The smallest absolute Gasteiger partial charge is 0.306 e. The summed E-state index contributed by atoms with van der Waals surface area (Å²) in [5.41, 5.74) is -0.643. The van der Waals surface area contributed by atoms with Gasteiger partial charge in [0, 0.05) is 12.8 Å². The molecular formula is C15H17F3O4. The molecule has 122 valence electrons. The van der Waals surface area contributed by atoms with E-state index in [0.717, 1.165) is 6.07 Å². The summed E-state index contributed by atoms with van der Waals surface area (Å²) in [6.07, 6.45) is 0.867. The molecule has 22 heavy (non-hydrogen) atoms. The van der Waals surface area contributed by atoms with Crippen LogP contribution in [0.5, 0.6) is 0 Å². The minimum atomic E-state index is -1.38. The molecule has 1 rings (SSSR count). The molecule has 0 atom stereocenters. The van der Waals surface area contributed by atoms with E-state index in [4.69, 9.17) is 4.74 Å². The number of benzene rings is 1. The third-order valence-electron chi connectivity index (χ3n) is 2.75. The van der Waals surface area contributed by atoms with E-state index < -0.39 is 41.6 Å². The average molecular weight is 318 g/mol. The number of rotatable bonds is 8. The highest BCUT2D eigenvalue weighted by Gasteiger charge is 2.15. The van der Waals surface area contributed by atoms with Crippen molar-refractivity contribution < 1.29 is 32.2 Å². The van der Waals surface area contributed by atoms with E-state index in [1.54, 1.807) is 0 Å². The van der Waals surface area contributed by atoms with Gasteiger partial charge >= 0.3 is 11.9 Å². The zero-order chi connectivity index (χ0) is 16.5. The molecule has 0 spiro atoms. The van der Waals surface area contributed by atoms with Gasteiger partial charge in [-0.1, -0.05) is 6.92 Å². The maximum Gasteiger partial charge on any atom is 0.306 e. The van der Waals surface area contributed by atoms with Gasteiger partial charge in [-0.25, -0.2) is 13.2 Å². The van der Waals surface area contributed by atoms with Crippen LogP contribution in [0.15, 0.2) is 12.1 Å². The zero-order valence-corrected chi connectivity index (χ0v) is 12.2. The lowest BCUT2D eigenvalue weighted by Gasteiger charge is -2.07. The highest BCUT2D eigenvalue weighted by atomic mass is 19.2. The third kappa shape index (κ3) is 5.75. The largest absolute Gasteiger partial charge is 0.466 e. The van der Waals surface area contributed by atoms with Gasteiger partial charge in [-0.2, -0.15) is 0 Å². The van der Waals surface area contributed by atoms with Crippen molar-refractivity contribution in [2.75, 3.05) is 6.61 Å². The summed E-state index contributed by atoms with van der Waals surface area (Å²) in [5, 5.41) is 0. The summed E-state index contributed by atoms with van der Waals surface area (Å²) in [6.45, 7) is 1.48. The molecule has 0 radical (unpaired) electrons. The van der Waals surface area contributed by atoms with Crippen molar-refractivity contribution in [3.63, 3.8) is 0 Å². The third-order valence-corrected chi connectivity index (χ3v) is 2.75. The minimum Gasteiger partial charge on any atom is -0.466 e. The lowest BCUT2D eigenvalue weighted by atomic mass is 10.2. The first-order valence-electron chi connectivity index (χ1n) is 6.89. The number of ether oxygens (including phenoxy) is 2. The Hall–Kier alpha value is -2.05. The highest BCUT2D eigenvalue weighted by Crippen LogP contribution is 2.17. The second-order valence-electron chi connectivity index (χ2n) is 4.56. The van der Waals surface area contributed by atoms with Crippen LogP contribution in [-0.2, 0) is 25.7 Å². The molecule has 0 aromatic heterocycles. The van der Waals surface area contributed by atoms with Crippen LogP contribution in [-0.4, -0.2) is 18.5 Å². The number of esters is 2. The molecule has 0 unspecified atom stereocenters. The molecule has 0 fully saturated rings. The van der Waals surface area contributed by atoms with Gasteiger partial charge in [-0.15, -0.1) is 0 Å². The Kier molecular flexibility index (Phi) is 7.42. The Morgan fingerprint density at radius 1 is 1.00 bits per heavy atom. The fourth-order valence-electron chi connectivity index (χ4n) is 1.59. The maximum absolute atomic E-state index is 13.3. The molecule has 0 aliphatic rings. The lowest BCUT2D eigenvalue weighted by Crippen LogP contribution is -2.10. The van der Waals surface area contributed by atoms with Crippen molar-refractivity contribution in [3.05, 3.63) is 35.1 Å². The Morgan fingerprint density at radius 2 is 1.59 bits per heavy atom. The van der Waals surface area contributed by atoms with Crippen molar-refractivity contribution in [1.82, 2.24) is 0 Å². The fourth-order valence-corrected chi connectivity index (χ4v) is 1.59. The molecule has 7 heteroatoms. The molecule has 4 nitrogen and oxygen atoms in total. The topological polar surface area (TPSA) is 52.6 Å². The number of hydrogen-bond acceptors (Lipinski definition) is 4. The molecule has 0 saturated carbocycles. The molecule has 1 aromatic carbocycles. The number of hydrogen-bond donors (Lipinski definition) is 0. The zero-order valence-electron chi connectivity index (χ0n) is 12.2. The summed E-state index contributed by atoms with van der Waals surface area (Å²) in [6, 6.07) is 1.41. The Morgan fingerprint density at radius 3 is 2.23 bits per heavy atom. The van der Waals surface area contributed by atoms with Crippen molar-refractivity contribution in [2.24, 2.45) is 0 Å². The van der Waals surface area contributed by atoms with Crippen molar-refractivity contribution in [1.29, 1.82) is 0 Å². The molecular weight excluding hydrogens is 301 g/mol. The number of carbonyl (C=O) groups excluding carboxylic acids is 2. The van der Waals surface area contributed by atoms with Crippen LogP contribution in [0.3, 0.4) is 0 Å². The van der Waals surface area contributed by atoms with E-state index in [0.29, 0.717) is 19.1 Å². The van der Waals surface area contributed by atoms with E-state index in [9.17, 15) is 22.8 Å². The SMILES string of the molecule is CCCOC(=O)CCCC(=O)OCc1c(F)ccc(F)c1F. The molecule has 0 aliphatic carbocycles. The van der Waals surface area contributed by atoms with Crippen LogP contribution in [0.4, 0.5) is 13.2 Å². The molecule has 0 aliphatic heterocycles.